The maximum absolute atomic E-state index is 14.0. The largest absolute Gasteiger partial charge is 0.497 e. The topological polar surface area (TPSA) is 12.5 Å². The van der Waals surface area contributed by atoms with Crippen LogP contribution < -0.4 is 4.74 Å². The summed E-state index contributed by atoms with van der Waals surface area (Å²) < 4.78 is 19.0. The lowest BCUT2D eigenvalue weighted by molar-refractivity contribution is 0.186. The molecule has 0 fully saturated rings. The zero-order chi connectivity index (χ0) is 14.3. The van der Waals surface area contributed by atoms with Crippen molar-refractivity contribution in [2.75, 3.05) is 19.5 Å². The van der Waals surface area contributed by atoms with Gasteiger partial charge in [0.1, 0.15) is 11.6 Å². The fourth-order valence-corrected chi connectivity index (χ4v) is 2.52. The summed E-state index contributed by atoms with van der Waals surface area (Å²) in [5.41, 5.74) is 0.692. The van der Waals surface area contributed by atoms with E-state index in [1.54, 1.807) is 19.2 Å². The molecule has 0 spiro atoms. The van der Waals surface area contributed by atoms with Gasteiger partial charge in [-0.3, -0.25) is 4.90 Å². The van der Waals surface area contributed by atoms with Crippen molar-refractivity contribution in [1.29, 1.82) is 0 Å². The fourth-order valence-electron chi connectivity index (χ4n) is 2.31. The van der Waals surface area contributed by atoms with Crippen molar-refractivity contribution < 1.29 is 9.13 Å². The van der Waals surface area contributed by atoms with Crippen molar-refractivity contribution in [2.45, 2.75) is 39.3 Å². The van der Waals surface area contributed by atoms with E-state index in [1.807, 2.05) is 0 Å². The summed E-state index contributed by atoms with van der Waals surface area (Å²) in [7, 11) is 1.54. The Bertz CT molecular complexity index is 382. The summed E-state index contributed by atoms with van der Waals surface area (Å²) in [5, 5.41) is 0. The molecular formula is C15H23ClFNO. The number of alkyl halides is 1. The molecule has 0 aliphatic carbocycles. The summed E-state index contributed by atoms with van der Waals surface area (Å²) in [6.45, 7) is 5.67. The summed E-state index contributed by atoms with van der Waals surface area (Å²) in [6.07, 6.45) is 2.09. The number of methoxy groups -OCH3 is 1. The maximum Gasteiger partial charge on any atom is 0.131 e. The van der Waals surface area contributed by atoms with Gasteiger partial charge in [-0.2, -0.15) is 0 Å². The molecule has 0 aliphatic heterocycles. The van der Waals surface area contributed by atoms with Gasteiger partial charge in [0, 0.05) is 36.6 Å². The van der Waals surface area contributed by atoms with Crippen LogP contribution in [0.2, 0.25) is 0 Å². The molecule has 0 atom stereocenters. The van der Waals surface area contributed by atoms with Crippen LogP contribution in [0, 0.1) is 5.82 Å². The molecule has 0 saturated carbocycles. The van der Waals surface area contributed by atoms with Gasteiger partial charge in [-0.05, 0) is 18.9 Å². The number of rotatable bonds is 8. The highest BCUT2D eigenvalue weighted by molar-refractivity contribution is 6.18. The lowest BCUT2D eigenvalue weighted by Gasteiger charge is -2.30. The second-order valence-corrected chi connectivity index (χ2v) is 4.97. The SMILES string of the molecule is CCC(CC)N(CCCl)Cc1ccc(OC)cc1F. The van der Waals surface area contributed by atoms with Gasteiger partial charge in [-0.25, -0.2) is 4.39 Å². The lowest BCUT2D eigenvalue weighted by Crippen LogP contribution is -2.35. The fraction of sp³-hybridized carbons (Fsp3) is 0.600. The number of halogens is 2. The third-order valence-corrected chi connectivity index (χ3v) is 3.63. The van der Waals surface area contributed by atoms with Gasteiger partial charge >= 0.3 is 0 Å². The molecule has 0 radical (unpaired) electrons. The van der Waals surface area contributed by atoms with Crippen LogP contribution in [-0.4, -0.2) is 30.5 Å². The van der Waals surface area contributed by atoms with Crippen LogP contribution in [0.4, 0.5) is 4.39 Å². The molecule has 0 saturated heterocycles. The first-order chi connectivity index (χ1) is 9.15. The highest BCUT2D eigenvalue weighted by atomic mass is 35.5. The molecule has 0 unspecified atom stereocenters. The minimum atomic E-state index is -0.218. The number of benzene rings is 1. The molecule has 0 bridgehead atoms. The zero-order valence-electron chi connectivity index (χ0n) is 12.0. The summed E-state index contributed by atoms with van der Waals surface area (Å²) >= 11 is 5.85. The first-order valence-electron chi connectivity index (χ1n) is 6.78. The molecular weight excluding hydrogens is 265 g/mol. The first-order valence-corrected chi connectivity index (χ1v) is 7.32. The third kappa shape index (κ3) is 4.66. The molecule has 0 amide bonds. The molecule has 2 nitrogen and oxygen atoms in total. The van der Waals surface area contributed by atoms with E-state index in [4.69, 9.17) is 16.3 Å². The van der Waals surface area contributed by atoms with Gasteiger partial charge in [0.25, 0.3) is 0 Å². The van der Waals surface area contributed by atoms with E-state index >= 15 is 0 Å². The van der Waals surface area contributed by atoms with Crippen molar-refractivity contribution in [3.8, 4) is 5.75 Å². The van der Waals surface area contributed by atoms with Crippen LogP contribution in [0.1, 0.15) is 32.3 Å². The van der Waals surface area contributed by atoms with Crippen LogP contribution in [0.3, 0.4) is 0 Å². The number of hydrogen-bond acceptors (Lipinski definition) is 2. The van der Waals surface area contributed by atoms with Gasteiger partial charge < -0.3 is 4.74 Å². The quantitative estimate of drug-likeness (QED) is 0.669. The minimum absolute atomic E-state index is 0.218. The van der Waals surface area contributed by atoms with Crippen LogP contribution in [0.25, 0.3) is 0 Å². The molecule has 1 aromatic carbocycles. The smallest absolute Gasteiger partial charge is 0.131 e. The molecule has 1 rings (SSSR count). The Morgan fingerprint density at radius 1 is 1.32 bits per heavy atom. The highest BCUT2D eigenvalue weighted by Gasteiger charge is 2.16. The summed E-state index contributed by atoms with van der Waals surface area (Å²) in [4.78, 5) is 2.25. The standard InChI is InChI=1S/C15H23ClFNO/c1-4-13(5-2)18(9-8-16)11-12-6-7-14(19-3)10-15(12)17/h6-7,10,13H,4-5,8-9,11H2,1-3H3. The Morgan fingerprint density at radius 2 is 2.00 bits per heavy atom. The Labute approximate surface area is 120 Å². The van der Waals surface area contributed by atoms with Crippen molar-refractivity contribution in [2.24, 2.45) is 0 Å². The third-order valence-electron chi connectivity index (χ3n) is 3.46. The van der Waals surface area contributed by atoms with Gasteiger partial charge in [-0.1, -0.05) is 19.9 Å². The number of hydrogen-bond donors (Lipinski definition) is 0. The molecule has 0 aliphatic rings. The predicted octanol–water partition coefficient (Wildman–Crippen LogP) is 4.06. The van der Waals surface area contributed by atoms with Crippen molar-refractivity contribution in [1.82, 2.24) is 4.90 Å². The maximum atomic E-state index is 14.0. The minimum Gasteiger partial charge on any atom is -0.497 e. The van der Waals surface area contributed by atoms with Crippen LogP contribution >= 0.6 is 11.6 Å². The summed E-state index contributed by atoms with van der Waals surface area (Å²) in [6, 6.07) is 5.46. The second-order valence-electron chi connectivity index (χ2n) is 4.59. The average molecular weight is 288 g/mol. The van der Waals surface area contributed by atoms with Crippen molar-refractivity contribution in [3.05, 3.63) is 29.6 Å². The van der Waals surface area contributed by atoms with Crippen LogP contribution in [0.5, 0.6) is 5.75 Å². The van der Waals surface area contributed by atoms with E-state index in [0.29, 0.717) is 29.8 Å². The molecule has 1 aromatic rings. The molecule has 0 aromatic heterocycles. The van der Waals surface area contributed by atoms with Gasteiger partial charge in [0.05, 0.1) is 7.11 Å². The van der Waals surface area contributed by atoms with E-state index in [9.17, 15) is 4.39 Å². The molecule has 0 N–H and O–H groups in total. The zero-order valence-corrected chi connectivity index (χ0v) is 12.7. The lowest BCUT2D eigenvalue weighted by atomic mass is 10.1. The van der Waals surface area contributed by atoms with Crippen LogP contribution in [0.15, 0.2) is 18.2 Å². The second kappa shape index (κ2) is 8.39. The van der Waals surface area contributed by atoms with Crippen molar-refractivity contribution in [3.63, 3.8) is 0 Å². The van der Waals surface area contributed by atoms with E-state index in [2.05, 4.69) is 18.7 Å². The normalized spacial score (nSPS) is 11.3. The van der Waals surface area contributed by atoms with E-state index in [0.717, 1.165) is 19.4 Å². The van der Waals surface area contributed by atoms with E-state index < -0.39 is 0 Å². The van der Waals surface area contributed by atoms with Gasteiger partial charge in [0.15, 0.2) is 0 Å². The van der Waals surface area contributed by atoms with Gasteiger partial charge in [-0.15, -0.1) is 11.6 Å². The Hall–Kier alpha value is -0.800. The molecule has 108 valence electrons. The predicted molar refractivity (Wildman–Crippen MR) is 78.5 cm³/mol. The number of ether oxygens (including phenoxy) is 1. The monoisotopic (exact) mass is 287 g/mol. The molecule has 4 heteroatoms. The first kappa shape index (κ1) is 16.3. The average Bonchev–Trinajstić information content (AvgIpc) is 2.42. The Kier molecular flexibility index (Phi) is 7.17. The number of nitrogens with zero attached hydrogens (tertiary/aromatic N) is 1. The summed E-state index contributed by atoms with van der Waals surface area (Å²) in [5.74, 6) is 0.895. The Balaban J connectivity index is 2.83. The Morgan fingerprint density at radius 3 is 2.47 bits per heavy atom. The van der Waals surface area contributed by atoms with Crippen LogP contribution in [-0.2, 0) is 6.54 Å². The van der Waals surface area contributed by atoms with Gasteiger partial charge in [0.2, 0.25) is 0 Å². The van der Waals surface area contributed by atoms with E-state index in [-0.39, 0.29) is 5.82 Å². The molecule has 19 heavy (non-hydrogen) atoms. The highest BCUT2D eigenvalue weighted by Crippen LogP contribution is 2.20. The van der Waals surface area contributed by atoms with E-state index in [1.165, 1.54) is 6.07 Å². The molecule has 0 heterocycles. The van der Waals surface area contributed by atoms with Crippen molar-refractivity contribution >= 4 is 11.6 Å².